The molecule has 2 amide bonds. The minimum Gasteiger partial charge on any atom is -0.305 e. The maximum atomic E-state index is 13.7. The average molecular weight is 473 g/mol. The summed E-state index contributed by atoms with van der Waals surface area (Å²) in [4.78, 5) is 31.0. The molecule has 3 aromatic carbocycles. The van der Waals surface area contributed by atoms with Crippen LogP contribution >= 0.6 is 0 Å². The van der Waals surface area contributed by atoms with Crippen LogP contribution in [0.2, 0.25) is 0 Å². The Hall–Kier alpha value is -4.44. The van der Waals surface area contributed by atoms with E-state index < -0.39 is 0 Å². The predicted octanol–water partition coefficient (Wildman–Crippen LogP) is 7.23. The molecule has 0 radical (unpaired) electrons. The molecular formula is C32H28N2O2. The molecule has 4 heteroatoms. The Bertz CT molecular complexity index is 1300. The summed E-state index contributed by atoms with van der Waals surface area (Å²) >= 11 is 0. The van der Waals surface area contributed by atoms with E-state index in [9.17, 15) is 9.59 Å². The standard InChI is InChI=1S/C32H28N2O2/c35-31(33(27-13-5-1-6-14-27)28-15-7-2-8-16-28)25-21-23-26(24-22-25)32(36)34(29-17-9-3-10-18-29)30-19-11-4-12-20-30/h1-11,13-17,19,21-24,29H,12,18,20H2. The van der Waals surface area contributed by atoms with E-state index >= 15 is 0 Å². The molecule has 0 saturated heterocycles. The molecule has 3 aromatic rings. The molecule has 0 heterocycles. The molecule has 36 heavy (non-hydrogen) atoms. The first kappa shape index (κ1) is 23.3. The molecule has 2 aliphatic carbocycles. The quantitative estimate of drug-likeness (QED) is 0.380. The van der Waals surface area contributed by atoms with Crippen molar-refractivity contribution in [2.45, 2.75) is 25.3 Å². The molecule has 4 nitrogen and oxygen atoms in total. The fourth-order valence-electron chi connectivity index (χ4n) is 4.60. The molecule has 0 spiro atoms. The second-order valence-electron chi connectivity index (χ2n) is 8.81. The summed E-state index contributed by atoms with van der Waals surface area (Å²) in [5.41, 5.74) is 3.68. The summed E-state index contributed by atoms with van der Waals surface area (Å²) in [7, 11) is 0. The number of carbonyl (C=O) groups is 2. The number of allylic oxidation sites excluding steroid dienone is 6. The van der Waals surface area contributed by atoms with E-state index in [1.54, 1.807) is 29.2 Å². The number of hydrogen-bond donors (Lipinski definition) is 0. The molecule has 0 saturated carbocycles. The van der Waals surface area contributed by atoms with Gasteiger partial charge < -0.3 is 4.90 Å². The van der Waals surface area contributed by atoms with Gasteiger partial charge in [0.1, 0.15) is 0 Å². The largest absolute Gasteiger partial charge is 0.305 e. The number of anilines is 2. The van der Waals surface area contributed by atoms with E-state index in [1.807, 2.05) is 89.9 Å². The third kappa shape index (κ3) is 4.98. The first-order valence-electron chi connectivity index (χ1n) is 12.3. The second kappa shape index (κ2) is 10.9. The van der Waals surface area contributed by atoms with Crippen LogP contribution in [0.5, 0.6) is 0 Å². The third-order valence-corrected chi connectivity index (χ3v) is 6.42. The number of hydrogen-bond acceptors (Lipinski definition) is 2. The Balaban J connectivity index is 1.44. The summed E-state index contributed by atoms with van der Waals surface area (Å²) < 4.78 is 0. The maximum Gasteiger partial charge on any atom is 0.262 e. The summed E-state index contributed by atoms with van der Waals surface area (Å²) in [6, 6.07) is 26.2. The average Bonchev–Trinajstić information content (AvgIpc) is 2.96. The van der Waals surface area contributed by atoms with Crippen LogP contribution in [-0.2, 0) is 0 Å². The van der Waals surface area contributed by atoms with Gasteiger partial charge in [-0.2, -0.15) is 0 Å². The van der Waals surface area contributed by atoms with Crippen molar-refractivity contribution < 1.29 is 9.59 Å². The predicted molar refractivity (Wildman–Crippen MR) is 145 cm³/mol. The second-order valence-corrected chi connectivity index (χ2v) is 8.81. The van der Waals surface area contributed by atoms with Gasteiger partial charge in [0.05, 0.1) is 6.04 Å². The fourth-order valence-corrected chi connectivity index (χ4v) is 4.60. The Morgan fingerprint density at radius 3 is 1.81 bits per heavy atom. The van der Waals surface area contributed by atoms with Crippen LogP contribution in [0.1, 0.15) is 40.0 Å². The van der Waals surface area contributed by atoms with E-state index in [0.717, 1.165) is 36.3 Å². The van der Waals surface area contributed by atoms with Gasteiger partial charge in [-0.05, 0) is 73.9 Å². The van der Waals surface area contributed by atoms with Crippen molar-refractivity contribution in [1.29, 1.82) is 0 Å². The molecule has 5 rings (SSSR count). The van der Waals surface area contributed by atoms with Crippen LogP contribution in [0.3, 0.4) is 0 Å². The Labute approximate surface area is 212 Å². The summed E-state index contributed by atoms with van der Waals surface area (Å²) in [5.74, 6) is -0.202. The fraction of sp³-hybridized carbons (Fsp3) is 0.125. The number of rotatable bonds is 6. The van der Waals surface area contributed by atoms with Gasteiger partial charge in [0.25, 0.3) is 11.8 Å². The van der Waals surface area contributed by atoms with Gasteiger partial charge in [-0.3, -0.25) is 14.5 Å². The molecular weight excluding hydrogens is 444 g/mol. The third-order valence-electron chi connectivity index (χ3n) is 6.42. The van der Waals surface area contributed by atoms with Crippen LogP contribution in [0, 0.1) is 0 Å². The highest BCUT2D eigenvalue weighted by Crippen LogP contribution is 2.29. The highest BCUT2D eigenvalue weighted by Gasteiger charge is 2.27. The molecule has 0 N–H and O–H groups in total. The van der Waals surface area contributed by atoms with Gasteiger partial charge in [-0.15, -0.1) is 0 Å². The SMILES string of the molecule is O=C(c1ccc(C(=O)N(C2=CC=CCC2)C2C=CC=CC2)cc1)N(c1ccccc1)c1ccccc1. The van der Waals surface area contributed by atoms with Crippen LogP contribution in [0.25, 0.3) is 0 Å². The van der Waals surface area contributed by atoms with Crippen molar-refractivity contribution in [3.05, 3.63) is 144 Å². The lowest BCUT2D eigenvalue weighted by atomic mass is 10.0. The molecule has 178 valence electrons. The monoisotopic (exact) mass is 472 g/mol. The van der Waals surface area contributed by atoms with Gasteiger partial charge >= 0.3 is 0 Å². The van der Waals surface area contributed by atoms with Crippen molar-refractivity contribution in [2.75, 3.05) is 4.90 Å². The lowest BCUT2D eigenvalue weighted by Gasteiger charge is -2.33. The van der Waals surface area contributed by atoms with Crippen molar-refractivity contribution in [3.63, 3.8) is 0 Å². The van der Waals surface area contributed by atoms with E-state index in [4.69, 9.17) is 0 Å². The van der Waals surface area contributed by atoms with Gasteiger partial charge in [0.2, 0.25) is 0 Å². The molecule has 0 aromatic heterocycles. The van der Waals surface area contributed by atoms with Gasteiger partial charge in [0.15, 0.2) is 0 Å². The first-order valence-corrected chi connectivity index (χ1v) is 12.3. The normalized spacial score (nSPS) is 16.3. The minimum atomic E-state index is -0.149. The van der Waals surface area contributed by atoms with Gasteiger partial charge in [-0.1, -0.05) is 72.9 Å². The summed E-state index contributed by atoms with van der Waals surface area (Å²) in [6.45, 7) is 0. The number of benzene rings is 3. The van der Waals surface area contributed by atoms with Crippen LogP contribution in [0.4, 0.5) is 11.4 Å². The van der Waals surface area contributed by atoms with Gasteiger partial charge in [0, 0.05) is 28.2 Å². The summed E-state index contributed by atoms with van der Waals surface area (Å²) in [5, 5.41) is 0. The molecule has 0 aliphatic heterocycles. The van der Waals surface area contributed by atoms with E-state index in [1.165, 1.54) is 0 Å². The van der Waals surface area contributed by atoms with Gasteiger partial charge in [-0.25, -0.2) is 0 Å². The number of carbonyl (C=O) groups excluding carboxylic acids is 2. The zero-order valence-corrected chi connectivity index (χ0v) is 20.0. The zero-order chi connectivity index (χ0) is 24.7. The Morgan fingerprint density at radius 2 is 1.28 bits per heavy atom. The van der Waals surface area contributed by atoms with Crippen molar-refractivity contribution in [1.82, 2.24) is 4.90 Å². The number of nitrogens with zero attached hydrogens (tertiary/aromatic N) is 2. The van der Waals surface area contributed by atoms with E-state index in [2.05, 4.69) is 18.2 Å². The molecule has 2 aliphatic rings. The number of amides is 2. The topological polar surface area (TPSA) is 40.6 Å². The highest BCUT2D eigenvalue weighted by atomic mass is 16.2. The molecule has 1 atom stereocenters. The Morgan fingerprint density at radius 1 is 0.667 bits per heavy atom. The first-order chi connectivity index (χ1) is 17.7. The van der Waals surface area contributed by atoms with E-state index in [0.29, 0.717) is 11.1 Å². The van der Waals surface area contributed by atoms with E-state index in [-0.39, 0.29) is 17.9 Å². The van der Waals surface area contributed by atoms with Crippen molar-refractivity contribution >= 4 is 23.2 Å². The summed E-state index contributed by atoms with van der Waals surface area (Å²) in [6.07, 6.45) is 16.9. The van der Waals surface area contributed by atoms with Crippen LogP contribution in [-0.4, -0.2) is 22.8 Å². The Kier molecular flexibility index (Phi) is 7.04. The molecule has 0 fully saturated rings. The van der Waals surface area contributed by atoms with Crippen LogP contribution in [0.15, 0.2) is 133 Å². The lowest BCUT2D eigenvalue weighted by molar-refractivity contribution is 0.0767. The maximum absolute atomic E-state index is 13.7. The zero-order valence-electron chi connectivity index (χ0n) is 20.0. The smallest absolute Gasteiger partial charge is 0.262 e. The highest BCUT2D eigenvalue weighted by molar-refractivity contribution is 6.11. The number of para-hydroxylation sites is 2. The van der Waals surface area contributed by atoms with Crippen LogP contribution < -0.4 is 4.90 Å². The molecule has 1 unspecified atom stereocenters. The lowest BCUT2D eigenvalue weighted by Crippen LogP contribution is -2.39. The molecule has 0 bridgehead atoms. The van der Waals surface area contributed by atoms with Crippen molar-refractivity contribution in [2.24, 2.45) is 0 Å². The minimum absolute atomic E-state index is 0.0202. The van der Waals surface area contributed by atoms with Crippen molar-refractivity contribution in [3.8, 4) is 0 Å².